The lowest BCUT2D eigenvalue weighted by atomic mass is 10.1. The first-order valence-electron chi connectivity index (χ1n) is 9.40. The van der Waals surface area contributed by atoms with Crippen LogP contribution in [0.4, 0.5) is 0 Å². The third kappa shape index (κ3) is 2.61. The van der Waals surface area contributed by atoms with E-state index in [4.69, 9.17) is 5.73 Å². The molecule has 8 heteroatoms. The molecule has 0 saturated carbocycles. The minimum atomic E-state index is -0.739. The summed E-state index contributed by atoms with van der Waals surface area (Å²) in [6, 6.07) is 13.4. The van der Waals surface area contributed by atoms with Crippen LogP contribution in [0.5, 0.6) is 0 Å². The molecule has 4 N–H and O–H groups in total. The lowest BCUT2D eigenvalue weighted by molar-refractivity contribution is 0.0997. The summed E-state index contributed by atoms with van der Waals surface area (Å²) in [6.45, 7) is 3.97. The average molecular weight is 398 g/mol. The Kier molecular flexibility index (Phi) is 3.82. The highest BCUT2D eigenvalue weighted by Gasteiger charge is 2.21. The largest absolute Gasteiger partial charge is 0.364 e. The van der Waals surface area contributed by atoms with Gasteiger partial charge in [-0.2, -0.15) is 0 Å². The second-order valence-corrected chi connectivity index (χ2v) is 7.24. The molecule has 0 aliphatic carbocycles. The molecule has 0 spiro atoms. The number of nitrogens with one attached hydrogen (secondary N) is 2. The van der Waals surface area contributed by atoms with Crippen molar-refractivity contribution in [3.63, 3.8) is 0 Å². The molecule has 0 unspecified atom stereocenters. The zero-order valence-electron chi connectivity index (χ0n) is 16.4. The van der Waals surface area contributed by atoms with Crippen molar-refractivity contribution in [1.29, 1.82) is 0 Å². The van der Waals surface area contributed by atoms with Crippen molar-refractivity contribution < 1.29 is 4.79 Å². The molecule has 0 aliphatic heterocycles. The van der Waals surface area contributed by atoms with Gasteiger partial charge in [-0.15, -0.1) is 0 Å². The minimum Gasteiger partial charge on any atom is -0.364 e. The van der Waals surface area contributed by atoms with Crippen molar-refractivity contribution >= 4 is 28.0 Å². The van der Waals surface area contributed by atoms with Gasteiger partial charge in [-0.05, 0) is 43.2 Å². The van der Waals surface area contributed by atoms with Crippen molar-refractivity contribution in [2.75, 3.05) is 0 Å². The third-order valence-corrected chi connectivity index (χ3v) is 5.35. The van der Waals surface area contributed by atoms with E-state index in [2.05, 4.69) is 19.9 Å². The fraction of sp³-hybridized carbons (Fsp3) is 0.0909. The summed E-state index contributed by atoms with van der Waals surface area (Å²) in [6.07, 6.45) is 1.78. The minimum absolute atomic E-state index is 0.0278. The second-order valence-electron chi connectivity index (χ2n) is 7.24. The molecule has 0 bridgehead atoms. The number of amides is 1. The SMILES string of the molecule is Cc1ccc(-n2c(=O)[nH]c3c(C(N)=O)nc(-c4c[nH]c5ccccc45)nc32)cc1C. The van der Waals surface area contributed by atoms with E-state index in [1.807, 2.05) is 56.3 Å². The molecular weight excluding hydrogens is 380 g/mol. The molecule has 0 radical (unpaired) electrons. The van der Waals surface area contributed by atoms with Gasteiger partial charge in [0.25, 0.3) is 5.91 Å². The number of hydrogen-bond donors (Lipinski definition) is 3. The summed E-state index contributed by atoms with van der Waals surface area (Å²) >= 11 is 0. The van der Waals surface area contributed by atoms with Crippen LogP contribution < -0.4 is 11.4 Å². The van der Waals surface area contributed by atoms with E-state index < -0.39 is 11.6 Å². The van der Waals surface area contributed by atoms with Gasteiger partial charge < -0.3 is 15.7 Å². The van der Waals surface area contributed by atoms with Crippen molar-refractivity contribution in [1.82, 2.24) is 24.5 Å². The molecule has 3 aromatic heterocycles. The fourth-order valence-corrected chi connectivity index (χ4v) is 3.64. The number of benzene rings is 2. The van der Waals surface area contributed by atoms with E-state index in [0.29, 0.717) is 17.2 Å². The van der Waals surface area contributed by atoms with Gasteiger partial charge in [0.15, 0.2) is 17.2 Å². The van der Waals surface area contributed by atoms with E-state index in [1.165, 1.54) is 4.57 Å². The van der Waals surface area contributed by atoms with E-state index in [9.17, 15) is 9.59 Å². The van der Waals surface area contributed by atoms with Crippen LogP contribution in [0.25, 0.3) is 39.1 Å². The standard InChI is InChI=1S/C22H18N6O2/c1-11-7-8-13(9-12(11)2)28-21-18(26-22(28)30)17(19(23)29)25-20(27-21)15-10-24-16-6-4-3-5-14(15)16/h3-10,24H,1-2H3,(H2,23,29)(H,26,30). The van der Waals surface area contributed by atoms with Gasteiger partial charge in [-0.1, -0.05) is 24.3 Å². The molecule has 0 saturated heterocycles. The Morgan fingerprint density at radius 1 is 1.07 bits per heavy atom. The molecule has 8 nitrogen and oxygen atoms in total. The summed E-state index contributed by atoms with van der Waals surface area (Å²) in [7, 11) is 0. The van der Waals surface area contributed by atoms with Crippen LogP contribution in [0.1, 0.15) is 21.6 Å². The molecule has 3 heterocycles. The first-order valence-corrected chi connectivity index (χ1v) is 9.40. The summed E-state index contributed by atoms with van der Waals surface area (Å²) in [5, 5.41) is 0.905. The maximum atomic E-state index is 12.8. The summed E-state index contributed by atoms with van der Waals surface area (Å²) in [5.74, 6) is -0.428. The number of aromatic amines is 2. The van der Waals surface area contributed by atoms with Crippen molar-refractivity contribution in [2.45, 2.75) is 13.8 Å². The number of nitrogens with zero attached hydrogens (tertiary/aromatic N) is 3. The van der Waals surface area contributed by atoms with Gasteiger partial charge in [0, 0.05) is 22.7 Å². The lowest BCUT2D eigenvalue weighted by Gasteiger charge is -2.08. The zero-order chi connectivity index (χ0) is 21.0. The normalized spacial score (nSPS) is 11.4. The number of H-pyrrole nitrogens is 2. The summed E-state index contributed by atoms with van der Waals surface area (Å²) in [5.41, 5.74) is 10.1. The van der Waals surface area contributed by atoms with Gasteiger partial charge in [0.05, 0.1) is 5.69 Å². The Labute approximate surface area is 170 Å². The topological polar surface area (TPSA) is 122 Å². The predicted molar refractivity (Wildman–Crippen MR) is 115 cm³/mol. The Bertz CT molecular complexity index is 1520. The number of fused-ring (bicyclic) bond motifs is 2. The van der Waals surface area contributed by atoms with Crippen LogP contribution in [0, 0.1) is 13.8 Å². The molecule has 5 aromatic rings. The number of rotatable bonds is 3. The van der Waals surface area contributed by atoms with E-state index in [0.717, 1.165) is 27.6 Å². The first-order chi connectivity index (χ1) is 14.4. The van der Waals surface area contributed by atoms with Gasteiger partial charge in [0.1, 0.15) is 5.52 Å². The highest BCUT2D eigenvalue weighted by atomic mass is 16.2. The van der Waals surface area contributed by atoms with Crippen LogP contribution in [0.15, 0.2) is 53.5 Å². The van der Waals surface area contributed by atoms with Gasteiger partial charge in [0.2, 0.25) is 0 Å². The molecule has 0 aliphatic rings. The zero-order valence-corrected chi connectivity index (χ0v) is 16.4. The van der Waals surface area contributed by atoms with Gasteiger partial charge >= 0.3 is 5.69 Å². The number of aromatic nitrogens is 5. The smallest absolute Gasteiger partial charge is 0.332 e. The van der Waals surface area contributed by atoms with Crippen molar-refractivity contribution in [3.8, 4) is 17.1 Å². The quantitative estimate of drug-likeness (QED) is 0.432. The molecule has 148 valence electrons. The average Bonchev–Trinajstić information content (AvgIpc) is 3.29. The monoisotopic (exact) mass is 398 g/mol. The van der Waals surface area contributed by atoms with Crippen LogP contribution in [-0.2, 0) is 0 Å². The predicted octanol–water partition coefficient (Wildman–Crippen LogP) is 2.97. The van der Waals surface area contributed by atoms with Crippen LogP contribution in [0.3, 0.4) is 0 Å². The van der Waals surface area contributed by atoms with E-state index >= 15 is 0 Å². The summed E-state index contributed by atoms with van der Waals surface area (Å²) in [4.78, 5) is 39.9. The van der Waals surface area contributed by atoms with Crippen LogP contribution >= 0.6 is 0 Å². The van der Waals surface area contributed by atoms with Crippen molar-refractivity contribution in [2.24, 2.45) is 5.73 Å². The van der Waals surface area contributed by atoms with Gasteiger partial charge in [-0.25, -0.2) is 19.3 Å². The molecular formula is C22H18N6O2. The number of carbonyl (C=O) groups excluding carboxylic acids is 1. The molecule has 30 heavy (non-hydrogen) atoms. The molecule has 1 amide bonds. The molecule has 0 atom stereocenters. The maximum absolute atomic E-state index is 12.8. The number of imidazole rings is 1. The Hall–Kier alpha value is -4.20. The number of carbonyl (C=O) groups is 1. The van der Waals surface area contributed by atoms with Crippen LogP contribution in [0.2, 0.25) is 0 Å². The highest BCUT2D eigenvalue weighted by molar-refractivity contribution is 6.03. The Morgan fingerprint density at radius 3 is 2.63 bits per heavy atom. The van der Waals surface area contributed by atoms with E-state index in [-0.39, 0.29) is 11.2 Å². The molecule has 2 aromatic carbocycles. The number of aryl methyl sites for hydroxylation is 2. The Morgan fingerprint density at radius 2 is 1.87 bits per heavy atom. The van der Waals surface area contributed by atoms with E-state index in [1.54, 1.807) is 6.20 Å². The number of primary amides is 1. The van der Waals surface area contributed by atoms with Crippen molar-refractivity contribution in [3.05, 3.63) is 76.0 Å². The maximum Gasteiger partial charge on any atom is 0.332 e. The molecule has 0 fully saturated rings. The number of nitrogens with two attached hydrogens (primary N) is 1. The third-order valence-electron chi connectivity index (χ3n) is 5.35. The second kappa shape index (κ2) is 6.41. The fourth-order valence-electron chi connectivity index (χ4n) is 3.64. The number of para-hydroxylation sites is 1. The van der Waals surface area contributed by atoms with Crippen LogP contribution in [-0.4, -0.2) is 30.4 Å². The lowest BCUT2D eigenvalue weighted by Crippen LogP contribution is -2.15. The van der Waals surface area contributed by atoms with Gasteiger partial charge in [-0.3, -0.25) is 4.79 Å². The summed E-state index contributed by atoms with van der Waals surface area (Å²) < 4.78 is 1.44. The highest BCUT2D eigenvalue weighted by Crippen LogP contribution is 2.28. The Balaban J connectivity index is 1.85. The first kappa shape index (κ1) is 17.9. The number of hydrogen-bond acceptors (Lipinski definition) is 4. The molecule has 5 rings (SSSR count).